The van der Waals surface area contributed by atoms with E-state index in [2.05, 4.69) is 15.1 Å². The number of hydrogen-bond donors (Lipinski definition) is 2. The highest BCUT2D eigenvalue weighted by Gasteiger charge is 2.21. The van der Waals surface area contributed by atoms with Crippen LogP contribution in [0.15, 0.2) is 10.9 Å². The third-order valence-corrected chi connectivity index (χ3v) is 2.38. The fourth-order valence-corrected chi connectivity index (χ4v) is 1.68. The molecule has 2 rings (SSSR count). The smallest absolute Gasteiger partial charge is 0.323 e. The maximum absolute atomic E-state index is 10.8. The van der Waals surface area contributed by atoms with Crippen LogP contribution in [-0.2, 0) is 9.59 Å². The molecule has 0 aromatic carbocycles. The maximum Gasteiger partial charge on any atom is 0.323 e. The Kier molecular flexibility index (Phi) is 3.27. The number of aliphatic carboxylic acids is 2. The lowest BCUT2D eigenvalue weighted by Crippen LogP contribution is -2.35. The summed E-state index contributed by atoms with van der Waals surface area (Å²) in [5, 5.41) is 21.8. The van der Waals surface area contributed by atoms with Gasteiger partial charge in [0, 0.05) is 0 Å². The van der Waals surface area contributed by atoms with Crippen molar-refractivity contribution >= 4 is 28.9 Å². The lowest BCUT2D eigenvalue weighted by Gasteiger charge is -2.19. The molecule has 0 radical (unpaired) electrons. The highest BCUT2D eigenvalue weighted by molar-refractivity contribution is 5.91. The van der Waals surface area contributed by atoms with Crippen molar-refractivity contribution in [2.24, 2.45) is 0 Å². The monoisotopic (exact) mass is 266 g/mol. The first kappa shape index (κ1) is 12.7. The molecule has 19 heavy (non-hydrogen) atoms. The van der Waals surface area contributed by atoms with Crippen LogP contribution < -0.4 is 4.90 Å². The topological polar surface area (TPSA) is 130 Å². The molecule has 2 N–H and O–H groups in total. The van der Waals surface area contributed by atoms with Gasteiger partial charge in [-0.05, 0) is 6.92 Å². The molecule has 9 nitrogen and oxygen atoms in total. The first-order valence-electron chi connectivity index (χ1n) is 5.24. The van der Waals surface area contributed by atoms with Crippen LogP contribution in [0.4, 0.5) is 5.82 Å². The molecule has 0 saturated carbocycles. The molecule has 0 bridgehead atoms. The Bertz CT molecular complexity index is 622. The molecule has 9 heteroatoms. The molecular weight excluding hydrogens is 256 g/mol. The molecule has 100 valence electrons. The first-order valence-corrected chi connectivity index (χ1v) is 5.24. The minimum absolute atomic E-state index is 0.175. The third-order valence-electron chi connectivity index (χ3n) is 2.38. The van der Waals surface area contributed by atoms with Crippen LogP contribution in [0.3, 0.4) is 0 Å². The van der Waals surface area contributed by atoms with Gasteiger partial charge in [0.25, 0.3) is 5.71 Å². The van der Waals surface area contributed by atoms with E-state index in [-0.39, 0.29) is 11.5 Å². The number of aromatic nitrogens is 3. The average molecular weight is 266 g/mol. The zero-order valence-corrected chi connectivity index (χ0v) is 9.90. The van der Waals surface area contributed by atoms with Gasteiger partial charge < -0.3 is 19.6 Å². The number of aryl methyl sites for hydroxylation is 1. The van der Waals surface area contributed by atoms with Crippen LogP contribution in [0.5, 0.6) is 0 Å². The molecule has 0 fully saturated rings. The highest BCUT2D eigenvalue weighted by atomic mass is 16.5. The van der Waals surface area contributed by atoms with E-state index in [1.807, 2.05) is 0 Å². The number of carboxylic acids is 2. The minimum atomic E-state index is -1.16. The average Bonchev–Trinajstić information content (AvgIpc) is 2.69. The van der Waals surface area contributed by atoms with E-state index >= 15 is 0 Å². The quantitative estimate of drug-likeness (QED) is 0.761. The number of carbonyl (C=O) groups is 2. The predicted molar refractivity (Wildman–Crippen MR) is 61.8 cm³/mol. The summed E-state index contributed by atoms with van der Waals surface area (Å²) in [4.78, 5) is 30.5. The van der Waals surface area contributed by atoms with Gasteiger partial charge in [-0.25, -0.2) is 4.98 Å². The highest BCUT2D eigenvalue weighted by Crippen LogP contribution is 2.25. The molecule has 0 aliphatic carbocycles. The Morgan fingerprint density at radius 3 is 2.47 bits per heavy atom. The molecule has 0 spiro atoms. The normalized spacial score (nSPS) is 10.6. The van der Waals surface area contributed by atoms with Crippen molar-refractivity contribution in [3.63, 3.8) is 0 Å². The Morgan fingerprint density at radius 2 is 1.89 bits per heavy atom. The summed E-state index contributed by atoms with van der Waals surface area (Å²) in [6.45, 7) is 0.643. The zero-order valence-electron chi connectivity index (χ0n) is 9.90. The van der Waals surface area contributed by atoms with Crippen molar-refractivity contribution in [3.8, 4) is 0 Å². The summed E-state index contributed by atoms with van der Waals surface area (Å²) in [6, 6.07) is 0. The van der Waals surface area contributed by atoms with Crippen LogP contribution in [0.2, 0.25) is 0 Å². The van der Waals surface area contributed by atoms with Gasteiger partial charge in [0.1, 0.15) is 30.6 Å². The molecule has 0 aliphatic rings. The molecule has 2 heterocycles. The Labute approximate surface area is 106 Å². The first-order chi connectivity index (χ1) is 8.99. The van der Waals surface area contributed by atoms with Crippen molar-refractivity contribution in [2.45, 2.75) is 6.92 Å². The van der Waals surface area contributed by atoms with E-state index in [0.717, 1.165) is 4.90 Å². The number of fused-ring (bicyclic) bond motifs is 1. The van der Waals surface area contributed by atoms with Crippen LogP contribution >= 0.6 is 0 Å². The van der Waals surface area contributed by atoms with Gasteiger partial charge in [-0.1, -0.05) is 5.16 Å². The van der Waals surface area contributed by atoms with Crippen molar-refractivity contribution in [3.05, 3.63) is 12.0 Å². The molecule has 2 aromatic heterocycles. The Hall–Kier alpha value is -2.71. The van der Waals surface area contributed by atoms with Gasteiger partial charge in [0.05, 0.1) is 5.69 Å². The minimum Gasteiger partial charge on any atom is -0.480 e. The summed E-state index contributed by atoms with van der Waals surface area (Å²) < 4.78 is 4.93. The summed E-state index contributed by atoms with van der Waals surface area (Å²) in [6.07, 6.45) is 1.17. The number of carboxylic acid groups (broad SMARTS) is 2. The van der Waals surface area contributed by atoms with E-state index in [1.165, 1.54) is 6.33 Å². The SMILES string of the molecule is Cc1noc2ncnc(N(CC(=O)O)CC(=O)O)c12. The summed E-state index contributed by atoms with van der Waals surface area (Å²) in [7, 11) is 0. The molecule has 0 saturated heterocycles. The fourth-order valence-electron chi connectivity index (χ4n) is 1.68. The van der Waals surface area contributed by atoms with E-state index < -0.39 is 25.0 Å². The zero-order chi connectivity index (χ0) is 14.0. The maximum atomic E-state index is 10.8. The van der Waals surface area contributed by atoms with Crippen molar-refractivity contribution < 1.29 is 24.3 Å². The molecule has 0 atom stereocenters. The van der Waals surface area contributed by atoms with Gasteiger partial charge in [0.15, 0.2) is 0 Å². The van der Waals surface area contributed by atoms with Crippen LogP contribution in [-0.4, -0.2) is 50.4 Å². The number of anilines is 1. The standard InChI is InChI=1S/C10H10N4O5/c1-5-8-9(11-4-12-10(8)19-13-5)14(2-6(15)16)3-7(17)18/h4H,2-3H2,1H3,(H,15,16)(H,17,18). The summed E-state index contributed by atoms with van der Waals surface area (Å²) >= 11 is 0. The van der Waals surface area contributed by atoms with E-state index in [0.29, 0.717) is 11.1 Å². The van der Waals surface area contributed by atoms with Crippen molar-refractivity contribution in [2.75, 3.05) is 18.0 Å². The largest absolute Gasteiger partial charge is 0.480 e. The van der Waals surface area contributed by atoms with Gasteiger partial charge in [-0.2, -0.15) is 4.98 Å². The van der Waals surface area contributed by atoms with E-state index in [4.69, 9.17) is 14.7 Å². The molecule has 0 aliphatic heterocycles. The van der Waals surface area contributed by atoms with Crippen molar-refractivity contribution in [1.29, 1.82) is 0 Å². The van der Waals surface area contributed by atoms with Crippen LogP contribution in [0, 0.1) is 6.92 Å². The second kappa shape index (κ2) is 4.88. The molecule has 0 unspecified atom stereocenters. The number of nitrogens with zero attached hydrogens (tertiary/aromatic N) is 4. The molecule has 2 aromatic rings. The lowest BCUT2D eigenvalue weighted by atomic mass is 10.3. The van der Waals surface area contributed by atoms with Gasteiger partial charge in [-0.15, -0.1) is 0 Å². The molecule has 0 amide bonds. The van der Waals surface area contributed by atoms with Gasteiger partial charge in [-0.3, -0.25) is 9.59 Å². The van der Waals surface area contributed by atoms with Gasteiger partial charge in [0.2, 0.25) is 0 Å². The predicted octanol–water partition coefficient (Wildman–Crippen LogP) is -0.0982. The van der Waals surface area contributed by atoms with Crippen LogP contribution in [0.25, 0.3) is 11.1 Å². The second-order valence-electron chi connectivity index (χ2n) is 3.79. The van der Waals surface area contributed by atoms with Crippen molar-refractivity contribution in [1.82, 2.24) is 15.1 Å². The number of rotatable bonds is 5. The second-order valence-corrected chi connectivity index (χ2v) is 3.79. The third kappa shape index (κ3) is 2.59. The van der Waals surface area contributed by atoms with Crippen LogP contribution in [0.1, 0.15) is 5.69 Å². The van der Waals surface area contributed by atoms with E-state index in [1.54, 1.807) is 6.92 Å². The Morgan fingerprint density at radius 1 is 1.26 bits per heavy atom. The fraction of sp³-hybridized carbons (Fsp3) is 0.300. The summed E-state index contributed by atoms with van der Waals surface area (Å²) in [5.41, 5.74) is 0.648. The molecular formula is C10H10N4O5. The lowest BCUT2D eigenvalue weighted by molar-refractivity contribution is -0.136. The number of hydrogen-bond acceptors (Lipinski definition) is 7. The Balaban J connectivity index is 2.51. The summed E-state index contributed by atoms with van der Waals surface area (Å²) in [5.74, 6) is -2.15. The van der Waals surface area contributed by atoms with E-state index in [9.17, 15) is 9.59 Å². The van der Waals surface area contributed by atoms with Gasteiger partial charge >= 0.3 is 11.9 Å².